The number of rotatable bonds is 8. The van der Waals surface area contributed by atoms with Crippen LogP contribution in [0.2, 0.25) is 0 Å². The van der Waals surface area contributed by atoms with Crippen molar-refractivity contribution in [2.75, 3.05) is 0 Å². The number of hydrogen-bond acceptors (Lipinski definition) is 3. The molecule has 2 N–H and O–H groups in total. The lowest BCUT2D eigenvalue weighted by Gasteiger charge is -2.14. The lowest BCUT2D eigenvalue weighted by molar-refractivity contribution is -0.140. The van der Waals surface area contributed by atoms with Crippen LogP contribution in [0.3, 0.4) is 0 Å². The van der Waals surface area contributed by atoms with E-state index in [0.717, 1.165) is 24.8 Å². The largest absolute Gasteiger partial charge is 0.481 e. The summed E-state index contributed by atoms with van der Waals surface area (Å²) >= 11 is 0. The summed E-state index contributed by atoms with van der Waals surface area (Å²) in [5.74, 6) is -1.95. The summed E-state index contributed by atoms with van der Waals surface area (Å²) in [5.41, 5.74) is 0.935. The number of unbranched alkanes of at least 4 members (excludes halogenated alkanes) is 2. The van der Waals surface area contributed by atoms with Gasteiger partial charge in [-0.25, -0.2) is 0 Å². The third kappa shape index (κ3) is 5.55. The van der Waals surface area contributed by atoms with Gasteiger partial charge in [0.1, 0.15) is 12.5 Å². The second-order valence-electron chi connectivity index (χ2n) is 4.53. The standard InChI is InChI=1S/C15H21NO3/c1-2-3-5-10-13(15(17)18)14(16)19-11-12-8-6-4-7-9-12/h4,6-9,13,16H,2-3,5,10-11H2,1H3,(H,17,18). The normalized spacial score (nSPS) is 11.8. The molecule has 104 valence electrons. The highest BCUT2D eigenvalue weighted by molar-refractivity contribution is 5.95. The van der Waals surface area contributed by atoms with Gasteiger partial charge in [-0.1, -0.05) is 56.5 Å². The lowest BCUT2D eigenvalue weighted by atomic mass is 10.0. The average Bonchev–Trinajstić information content (AvgIpc) is 2.42. The van der Waals surface area contributed by atoms with Crippen LogP contribution < -0.4 is 0 Å². The fourth-order valence-corrected chi connectivity index (χ4v) is 1.80. The van der Waals surface area contributed by atoms with Crippen molar-refractivity contribution in [1.82, 2.24) is 0 Å². The smallest absolute Gasteiger partial charge is 0.315 e. The maximum absolute atomic E-state index is 11.1. The number of carboxylic acids is 1. The number of hydrogen-bond donors (Lipinski definition) is 2. The highest BCUT2D eigenvalue weighted by Gasteiger charge is 2.23. The molecule has 1 unspecified atom stereocenters. The molecule has 0 radical (unpaired) electrons. The van der Waals surface area contributed by atoms with Crippen LogP contribution >= 0.6 is 0 Å². The van der Waals surface area contributed by atoms with Gasteiger partial charge < -0.3 is 9.84 Å². The molecule has 0 aliphatic carbocycles. The first kappa shape index (κ1) is 15.2. The number of ether oxygens (including phenoxy) is 1. The molecule has 1 aromatic carbocycles. The van der Waals surface area contributed by atoms with Gasteiger partial charge in [-0.15, -0.1) is 0 Å². The van der Waals surface area contributed by atoms with E-state index in [4.69, 9.17) is 15.3 Å². The van der Waals surface area contributed by atoms with Gasteiger partial charge in [0.15, 0.2) is 5.90 Å². The Morgan fingerprint density at radius 2 is 2.00 bits per heavy atom. The number of benzene rings is 1. The molecule has 4 heteroatoms. The molecule has 0 heterocycles. The summed E-state index contributed by atoms with van der Waals surface area (Å²) in [7, 11) is 0. The van der Waals surface area contributed by atoms with Crippen molar-refractivity contribution in [2.45, 2.75) is 39.2 Å². The van der Waals surface area contributed by atoms with Gasteiger partial charge in [0.05, 0.1) is 0 Å². The molecule has 0 saturated carbocycles. The molecule has 0 saturated heterocycles. The van der Waals surface area contributed by atoms with E-state index in [1.165, 1.54) is 0 Å². The molecular weight excluding hydrogens is 242 g/mol. The molecular formula is C15H21NO3. The zero-order valence-corrected chi connectivity index (χ0v) is 11.3. The van der Waals surface area contributed by atoms with E-state index in [1.54, 1.807) is 0 Å². The van der Waals surface area contributed by atoms with Crippen molar-refractivity contribution < 1.29 is 14.6 Å². The van der Waals surface area contributed by atoms with Crippen LogP contribution in [-0.2, 0) is 16.1 Å². The molecule has 0 aromatic heterocycles. The van der Waals surface area contributed by atoms with Gasteiger partial charge in [-0.05, 0) is 12.0 Å². The summed E-state index contributed by atoms with van der Waals surface area (Å²) in [4.78, 5) is 11.1. The predicted molar refractivity (Wildman–Crippen MR) is 74.2 cm³/mol. The predicted octanol–water partition coefficient (Wildman–Crippen LogP) is 3.46. The topological polar surface area (TPSA) is 70.4 Å². The molecule has 0 amide bonds. The maximum atomic E-state index is 11.1. The minimum Gasteiger partial charge on any atom is -0.481 e. The van der Waals surface area contributed by atoms with E-state index in [2.05, 4.69) is 6.92 Å². The summed E-state index contributed by atoms with van der Waals surface area (Å²) in [6.45, 7) is 2.31. The Morgan fingerprint density at radius 1 is 1.32 bits per heavy atom. The highest BCUT2D eigenvalue weighted by atomic mass is 16.5. The van der Waals surface area contributed by atoms with Gasteiger partial charge in [0.2, 0.25) is 0 Å². The Kier molecular flexibility index (Phi) is 6.64. The molecule has 1 atom stereocenters. The van der Waals surface area contributed by atoms with Crippen LogP contribution in [0.5, 0.6) is 0 Å². The first-order valence-corrected chi connectivity index (χ1v) is 6.63. The SMILES string of the molecule is CCCCCC(C(=N)OCc1ccccc1)C(=O)O. The molecule has 0 bridgehead atoms. The Labute approximate surface area is 113 Å². The summed E-state index contributed by atoms with van der Waals surface area (Å²) in [6, 6.07) is 9.45. The van der Waals surface area contributed by atoms with Gasteiger partial charge in [-0.3, -0.25) is 10.2 Å². The zero-order valence-electron chi connectivity index (χ0n) is 11.3. The second kappa shape index (κ2) is 8.29. The fourth-order valence-electron chi connectivity index (χ4n) is 1.80. The Hall–Kier alpha value is -1.84. The number of nitrogens with one attached hydrogen (secondary N) is 1. The molecule has 0 spiro atoms. The van der Waals surface area contributed by atoms with E-state index in [0.29, 0.717) is 6.42 Å². The van der Waals surface area contributed by atoms with E-state index in [9.17, 15) is 4.79 Å². The molecule has 1 rings (SSSR count). The Bertz CT molecular complexity index is 403. The van der Waals surface area contributed by atoms with E-state index in [-0.39, 0.29) is 12.5 Å². The quantitative estimate of drug-likeness (QED) is 0.428. The van der Waals surface area contributed by atoms with Crippen molar-refractivity contribution in [3.8, 4) is 0 Å². The molecule has 0 fully saturated rings. The Morgan fingerprint density at radius 3 is 2.58 bits per heavy atom. The third-order valence-corrected chi connectivity index (χ3v) is 2.95. The number of carboxylic acid groups (broad SMARTS) is 1. The van der Waals surface area contributed by atoms with Crippen molar-refractivity contribution in [1.29, 1.82) is 5.41 Å². The first-order chi connectivity index (χ1) is 9.15. The molecule has 0 aliphatic heterocycles. The van der Waals surface area contributed by atoms with Crippen LogP contribution in [0.4, 0.5) is 0 Å². The maximum Gasteiger partial charge on any atom is 0.315 e. The summed E-state index contributed by atoms with van der Waals surface area (Å²) in [6.07, 6.45) is 3.29. The monoisotopic (exact) mass is 263 g/mol. The van der Waals surface area contributed by atoms with E-state index in [1.807, 2.05) is 30.3 Å². The molecule has 1 aromatic rings. The number of aliphatic carboxylic acids is 1. The van der Waals surface area contributed by atoms with Crippen molar-refractivity contribution in [3.63, 3.8) is 0 Å². The van der Waals surface area contributed by atoms with E-state index >= 15 is 0 Å². The highest BCUT2D eigenvalue weighted by Crippen LogP contribution is 2.14. The molecule has 19 heavy (non-hydrogen) atoms. The van der Waals surface area contributed by atoms with Crippen LogP contribution in [0.25, 0.3) is 0 Å². The van der Waals surface area contributed by atoms with Crippen molar-refractivity contribution in [3.05, 3.63) is 35.9 Å². The number of carbonyl (C=O) groups is 1. The van der Waals surface area contributed by atoms with Crippen LogP contribution in [-0.4, -0.2) is 17.0 Å². The Balaban J connectivity index is 2.46. The zero-order chi connectivity index (χ0) is 14.1. The van der Waals surface area contributed by atoms with Crippen LogP contribution in [0.15, 0.2) is 30.3 Å². The lowest BCUT2D eigenvalue weighted by Crippen LogP contribution is -2.25. The average molecular weight is 263 g/mol. The van der Waals surface area contributed by atoms with Crippen molar-refractivity contribution >= 4 is 11.9 Å². The molecule has 0 aliphatic rings. The molecule has 4 nitrogen and oxygen atoms in total. The summed E-state index contributed by atoms with van der Waals surface area (Å²) in [5, 5.41) is 16.9. The van der Waals surface area contributed by atoms with Crippen LogP contribution in [0.1, 0.15) is 38.2 Å². The van der Waals surface area contributed by atoms with Crippen LogP contribution in [0, 0.1) is 11.3 Å². The minimum atomic E-state index is -0.978. The van der Waals surface area contributed by atoms with Gasteiger partial charge >= 0.3 is 5.97 Å². The van der Waals surface area contributed by atoms with Crippen molar-refractivity contribution in [2.24, 2.45) is 5.92 Å². The fraction of sp³-hybridized carbons (Fsp3) is 0.467. The third-order valence-electron chi connectivity index (χ3n) is 2.95. The van der Waals surface area contributed by atoms with Gasteiger partial charge in [-0.2, -0.15) is 0 Å². The van der Waals surface area contributed by atoms with Gasteiger partial charge in [0.25, 0.3) is 0 Å². The first-order valence-electron chi connectivity index (χ1n) is 6.63. The minimum absolute atomic E-state index is 0.146. The van der Waals surface area contributed by atoms with Gasteiger partial charge in [0, 0.05) is 0 Å². The summed E-state index contributed by atoms with van der Waals surface area (Å²) < 4.78 is 5.28. The van der Waals surface area contributed by atoms with E-state index < -0.39 is 11.9 Å². The second-order valence-corrected chi connectivity index (χ2v) is 4.53.